The van der Waals surface area contributed by atoms with Gasteiger partial charge in [-0.15, -0.1) is 0 Å². The lowest BCUT2D eigenvalue weighted by atomic mass is 10.2. The monoisotopic (exact) mass is 692 g/mol. The number of anilines is 2. The van der Waals surface area contributed by atoms with Crippen molar-refractivity contribution in [3.63, 3.8) is 0 Å². The van der Waals surface area contributed by atoms with Crippen LogP contribution in [-0.2, 0) is 20.0 Å². The van der Waals surface area contributed by atoms with Gasteiger partial charge in [0.25, 0.3) is 20.0 Å². The number of hydrogen-bond acceptors (Lipinski definition) is 6. The van der Waals surface area contributed by atoms with Crippen LogP contribution >= 0.6 is 68.4 Å². The third-order valence-corrected chi connectivity index (χ3v) is 13.6. The van der Waals surface area contributed by atoms with Gasteiger partial charge in [0, 0.05) is 10.0 Å². The highest BCUT2D eigenvalue weighted by atomic mass is 35.5. The van der Waals surface area contributed by atoms with Gasteiger partial charge in [0.15, 0.2) is 0 Å². The molecule has 40 heavy (non-hydrogen) atoms. The molecule has 4 aromatic rings. The van der Waals surface area contributed by atoms with Crippen LogP contribution < -0.4 is 7.42 Å². The van der Waals surface area contributed by atoms with Gasteiger partial charge in [0.05, 0.1) is 53.2 Å². The molecule has 0 spiro atoms. The minimum absolute atomic E-state index is 0.0188. The van der Waals surface area contributed by atoms with E-state index in [2.05, 4.69) is 0 Å². The van der Waals surface area contributed by atoms with Crippen LogP contribution in [0.15, 0.2) is 94.7 Å². The molecular weight excluding hydrogens is 674 g/mol. The number of halogens is 4. The molecule has 0 unspecified atom stereocenters. The average molecular weight is 695 g/mol. The first kappa shape index (κ1) is 31.2. The van der Waals surface area contributed by atoms with E-state index < -0.39 is 20.0 Å². The highest BCUT2D eigenvalue weighted by molar-refractivity contribution is 8.80. The molecule has 0 bridgehead atoms. The maximum absolute atomic E-state index is 13.9. The van der Waals surface area contributed by atoms with Crippen molar-refractivity contribution >= 4 is 99.8 Å². The first-order valence-electron chi connectivity index (χ1n) is 11.3. The van der Waals surface area contributed by atoms with Crippen LogP contribution in [0, 0.1) is 13.8 Å². The number of hydrogen-bond donors (Lipinski definition) is 0. The molecule has 6 nitrogen and oxygen atoms in total. The molecule has 0 aliphatic rings. The van der Waals surface area contributed by atoms with E-state index in [-0.39, 0.29) is 31.2 Å². The summed E-state index contributed by atoms with van der Waals surface area (Å²) in [5.41, 5.74) is 1.90. The highest BCUT2D eigenvalue weighted by Gasteiger charge is 2.33. The number of benzene rings is 4. The SMILES string of the molecule is Cc1ccc(S(=O)(=O)N(SSN(c2ccc(Cl)cc2Cl)S(=O)(=O)c2ccc(C)cc2)c2ccc(Cl)cc2Cl)cc1. The molecule has 0 aliphatic carbocycles. The molecule has 14 heteroatoms. The molecule has 0 saturated carbocycles. The summed E-state index contributed by atoms with van der Waals surface area (Å²) in [5, 5.41) is 0.703. The number of rotatable bonds is 9. The van der Waals surface area contributed by atoms with Gasteiger partial charge in [-0.3, -0.25) is 0 Å². The molecule has 4 rings (SSSR count). The lowest BCUT2D eigenvalue weighted by molar-refractivity contribution is 0.596. The Labute approximate surface area is 262 Å². The smallest absolute Gasteiger partial charge is 0.200 e. The maximum Gasteiger partial charge on any atom is 0.274 e. The van der Waals surface area contributed by atoms with Crippen molar-refractivity contribution in [2.45, 2.75) is 23.6 Å². The van der Waals surface area contributed by atoms with Crippen LogP contribution in [0.4, 0.5) is 11.4 Å². The van der Waals surface area contributed by atoms with Crippen molar-refractivity contribution in [2.75, 3.05) is 7.42 Å². The Kier molecular flexibility index (Phi) is 9.84. The van der Waals surface area contributed by atoms with Crippen LogP contribution in [0.5, 0.6) is 0 Å². The predicted molar refractivity (Wildman–Crippen MR) is 170 cm³/mol. The minimum atomic E-state index is -4.24. The topological polar surface area (TPSA) is 74.8 Å². The van der Waals surface area contributed by atoms with Crippen LogP contribution in [0.2, 0.25) is 20.1 Å². The van der Waals surface area contributed by atoms with E-state index in [0.29, 0.717) is 32.0 Å². The third-order valence-electron chi connectivity index (χ3n) is 5.46. The fraction of sp³-hybridized carbons (Fsp3) is 0.0769. The van der Waals surface area contributed by atoms with Crippen molar-refractivity contribution < 1.29 is 16.8 Å². The number of aryl methyl sites for hydroxylation is 2. The summed E-state index contributed by atoms with van der Waals surface area (Å²) in [4.78, 5) is -0.0376. The van der Waals surface area contributed by atoms with Crippen LogP contribution in [0.25, 0.3) is 0 Å². The fourth-order valence-electron chi connectivity index (χ4n) is 3.35. The Balaban J connectivity index is 1.83. The highest BCUT2D eigenvalue weighted by Crippen LogP contribution is 2.47. The summed E-state index contributed by atoms with van der Waals surface area (Å²) in [6.45, 7) is 3.66. The summed E-state index contributed by atoms with van der Waals surface area (Å²) < 4.78 is 57.4. The quantitative estimate of drug-likeness (QED) is 0.129. The first-order valence-corrected chi connectivity index (χ1v) is 17.7. The summed E-state index contributed by atoms with van der Waals surface area (Å²) in [5.74, 6) is 0. The molecular formula is C26H20Cl4N2O4S4. The van der Waals surface area contributed by atoms with Gasteiger partial charge in [-0.05, 0) is 74.5 Å². The van der Waals surface area contributed by atoms with Gasteiger partial charge in [-0.1, -0.05) is 81.8 Å². The lowest BCUT2D eigenvalue weighted by Crippen LogP contribution is -2.28. The summed E-state index contributed by atoms with van der Waals surface area (Å²) in [6, 6.07) is 21.2. The second-order valence-corrected chi connectivity index (χ2v) is 16.1. The Morgan fingerprint density at radius 3 is 1.15 bits per heavy atom. The molecule has 0 radical (unpaired) electrons. The van der Waals surface area contributed by atoms with E-state index in [9.17, 15) is 16.8 Å². The summed E-state index contributed by atoms with van der Waals surface area (Å²) in [6.07, 6.45) is 0. The van der Waals surface area contributed by atoms with E-state index in [1.54, 1.807) is 24.3 Å². The molecule has 0 N–H and O–H groups in total. The van der Waals surface area contributed by atoms with E-state index in [4.69, 9.17) is 46.4 Å². The molecule has 4 aromatic carbocycles. The normalized spacial score (nSPS) is 11.8. The summed E-state index contributed by atoms with van der Waals surface area (Å²) >= 11 is 25.0. The molecule has 0 atom stereocenters. The first-order chi connectivity index (χ1) is 18.8. The van der Waals surface area contributed by atoms with E-state index in [1.807, 2.05) is 13.8 Å². The largest absolute Gasteiger partial charge is 0.274 e. The van der Waals surface area contributed by atoms with Gasteiger partial charge >= 0.3 is 0 Å². The van der Waals surface area contributed by atoms with Crippen LogP contribution in [0.3, 0.4) is 0 Å². The Morgan fingerprint density at radius 2 is 0.850 bits per heavy atom. The van der Waals surface area contributed by atoms with Crippen LogP contribution in [0.1, 0.15) is 11.1 Å². The molecule has 0 aliphatic heterocycles. The molecule has 210 valence electrons. The van der Waals surface area contributed by atoms with Gasteiger partial charge in [0.1, 0.15) is 0 Å². The number of nitrogens with zero attached hydrogens (tertiary/aromatic N) is 2. The Morgan fingerprint density at radius 1 is 0.525 bits per heavy atom. The van der Waals surface area contributed by atoms with Crippen molar-refractivity contribution in [2.24, 2.45) is 0 Å². The third kappa shape index (κ3) is 6.82. The lowest BCUT2D eigenvalue weighted by Gasteiger charge is -2.28. The van der Waals surface area contributed by atoms with Gasteiger partial charge in [-0.25, -0.2) is 16.8 Å². The zero-order valence-corrected chi connectivity index (χ0v) is 27.0. The van der Waals surface area contributed by atoms with Crippen molar-refractivity contribution in [1.82, 2.24) is 0 Å². The van der Waals surface area contributed by atoms with E-state index in [0.717, 1.165) is 18.5 Å². The standard InChI is InChI=1S/C26H20Cl4N2O4S4/c1-17-3-9-21(10-4-17)39(33,34)31(25-13-7-19(27)15-23(25)29)37-38-32(26-14-8-20(28)16-24(26)30)40(35,36)22-11-5-18(2)6-12-22/h3-16H,1-2H3. The second-order valence-electron chi connectivity index (χ2n) is 8.43. The average Bonchev–Trinajstić information content (AvgIpc) is 2.88. The zero-order chi connectivity index (χ0) is 29.2. The van der Waals surface area contributed by atoms with Crippen molar-refractivity contribution in [1.29, 1.82) is 0 Å². The van der Waals surface area contributed by atoms with E-state index in [1.165, 1.54) is 60.7 Å². The van der Waals surface area contributed by atoms with Gasteiger partial charge in [0.2, 0.25) is 0 Å². The predicted octanol–water partition coefficient (Wildman–Crippen LogP) is 9.22. The van der Waals surface area contributed by atoms with Crippen LogP contribution in [-0.4, -0.2) is 16.8 Å². The molecule has 0 saturated heterocycles. The van der Waals surface area contributed by atoms with E-state index >= 15 is 0 Å². The van der Waals surface area contributed by atoms with Gasteiger partial charge < -0.3 is 0 Å². The molecule has 0 fully saturated rings. The zero-order valence-electron chi connectivity index (χ0n) is 20.8. The molecule has 0 heterocycles. The fourth-order valence-corrected chi connectivity index (χ4v) is 11.3. The van der Waals surface area contributed by atoms with Crippen molar-refractivity contribution in [3.8, 4) is 0 Å². The number of sulfonamides is 2. The minimum Gasteiger partial charge on any atom is -0.200 e. The Bertz CT molecular complexity index is 1620. The van der Waals surface area contributed by atoms with Crippen molar-refractivity contribution in [3.05, 3.63) is 116 Å². The molecule has 0 amide bonds. The van der Waals surface area contributed by atoms with Gasteiger partial charge in [-0.2, -0.15) is 7.42 Å². The maximum atomic E-state index is 13.9. The Hall–Kier alpha value is -1.76. The molecule has 0 aromatic heterocycles. The second kappa shape index (κ2) is 12.6. The summed E-state index contributed by atoms with van der Waals surface area (Å²) in [7, 11) is -7.23.